The summed E-state index contributed by atoms with van der Waals surface area (Å²) >= 11 is 0. The SMILES string of the molecule is c1ccc(-c2cc(-c3ccccc3)nc(-n3cc4c5c(cccc53)-c3ccccc3-c3cc5ccccc5cc3-4)n2)cc1.c1ccc(-c2cccc(-n3cc4c5c(cccc53)-c3ccccc3-c3cc5ccccc5cc3-4)n2)cc1.c1ccc(-n2cc3c4c(cccc42)-c2ccccc2-c2cc4ccccc4cc2-3)nc1.c1cnc(-n2cc3c4c(cccc42)-c2ccccc2-c2cc4ccccc4cc2-3)nc1. The largest absolute Gasteiger partial charge is 0.301 e. The first kappa shape index (κ1) is 81.2. The summed E-state index contributed by atoms with van der Waals surface area (Å²) in [4.78, 5) is 29.1. The first-order valence-electron chi connectivity index (χ1n) is 48.2. The van der Waals surface area contributed by atoms with Crippen LogP contribution < -0.4 is 0 Å². The molecule has 0 saturated carbocycles. The zero-order valence-electron chi connectivity index (χ0n) is 76.8. The van der Waals surface area contributed by atoms with Crippen molar-refractivity contribution in [3.63, 3.8) is 0 Å². The molecule has 0 spiro atoms. The van der Waals surface area contributed by atoms with E-state index in [2.05, 4.69) is 477 Å². The van der Waals surface area contributed by atoms with Crippen molar-refractivity contribution in [2.75, 3.05) is 0 Å². The number of benzene rings is 19. The molecule has 0 bridgehead atoms. The number of pyridine rings is 2. The van der Waals surface area contributed by atoms with Gasteiger partial charge in [-0.25, -0.2) is 29.9 Å². The second-order valence-electron chi connectivity index (χ2n) is 36.8. The predicted octanol–water partition coefficient (Wildman–Crippen LogP) is 33.8. The lowest BCUT2D eigenvalue weighted by atomic mass is 9.91. The normalized spacial score (nSPS) is 11.8. The molecule has 4 aliphatic carbocycles. The van der Waals surface area contributed by atoms with Gasteiger partial charge in [0.2, 0.25) is 11.9 Å². The van der Waals surface area contributed by atoms with Crippen molar-refractivity contribution < 1.29 is 0 Å². The molecule has 19 aromatic carbocycles. The van der Waals surface area contributed by atoms with Crippen LogP contribution in [0.5, 0.6) is 0 Å². The maximum atomic E-state index is 5.17. The molecule has 8 heterocycles. The van der Waals surface area contributed by atoms with E-state index in [1.54, 1.807) is 12.4 Å². The van der Waals surface area contributed by atoms with Gasteiger partial charge in [-0.3, -0.25) is 9.13 Å². The van der Waals surface area contributed by atoms with Crippen molar-refractivity contribution in [1.82, 2.24) is 48.2 Å². The summed E-state index contributed by atoms with van der Waals surface area (Å²) in [5.41, 5.74) is 40.7. The molecule has 4 aliphatic rings. The molecule has 0 atom stereocenters. The third-order valence-electron chi connectivity index (χ3n) is 28.8. The zero-order chi connectivity index (χ0) is 93.4. The van der Waals surface area contributed by atoms with E-state index in [1.807, 2.05) is 42.6 Å². The fourth-order valence-corrected chi connectivity index (χ4v) is 22.4. The number of rotatable bonds is 7. The fourth-order valence-electron chi connectivity index (χ4n) is 22.4. The van der Waals surface area contributed by atoms with Crippen LogP contribution in [-0.2, 0) is 0 Å². The topological polar surface area (TPSA) is 97.1 Å². The lowest BCUT2D eigenvalue weighted by Gasteiger charge is -2.14. The van der Waals surface area contributed by atoms with Crippen molar-refractivity contribution in [3.05, 3.63) is 498 Å². The van der Waals surface area contributed by atoms with Crippen LogP contribution in [0.4, 0.5) is 0 Å². The van der Waals surface area contributed by atoms with Gasteiger partial charge in [-0.2, -0.15) is 0 Å². The minimum atomic E-state index is 0.657. The van der Waals surface area contributed by atoms with Gasteiger partial charge in [0.1, 0.15) is 11.6 Å². The molecule has 0 radical (unpaired) electrons. The second kappa shape index (κ2) is 33.4. The van der Waals surface area contributed by atoms with Gasteiger partial charge in [-0.05, 0) is 264 Å². The summed E-state index contributed by atoms with van der Waals surface area (Å²) in [5, 5.41) is 15.0. The molecule has 31 rings (SSSR count). The van der Waals surface area contributed by atoms with Crippen molar-refractivity contribution in [2.24, 2.45) is 0 Å². The maximum absolute atomic E-state index is 5.17. The fraction of sp³-hybridized carbons (Fsp3) is 0. The smallest absolute Gasteiger partial charge is 0.235 e. The Labute approximate surface area is 818 Å². The standard InChI is InChI=1S/C40H25N3.C35H22N2.C29H18N2.C28H17N3/c1-3-12-26(13-4-1)36-24-37(27-14-5-2-6-15-27)42-40(41-36)43-25-35-34-23-29-17-8-7-16-28(29)22-33(34)31-19-10-9-18-30(31)32-20-11-21-38(43)39(32)35;1-2-10-23(11-3-1)32-17-9-19-34(36-32)37-22-31-30-21-25-13-5-4-12-24(25)20-29(30)27-15-7-6-14-26(27)28-16-8-18-33(37)35(28)31;1-2-9-20-17-25-24(16-19(20)8-1)22-11-4-3-10-21(22)23-12-7-13-27-29(23)26(25)18-31(27)28-14-5-6-15-30-28;1-2-8-19-16-24-23(15-18(19)7-1)21-10-4-3-9-20(21)22-11-5-12-26-27(22)25(24)17-31(26)28-29-13-6-14-30-28/h1-25H;1-22H;1-18H;1-17H. The van der Waals surface area contributed by atoms with Gasteiger partial charge >= 0.3 is 0 Å². The molecule has 0 unspecified atom stereocenters. The summed E-state index contributed by atoms with van der Waals surface area (Å²) < 4.78 is 8.77. The van der Waals surface area contributed by atoms with Gasteiger partial charge in [-0.1, -0.05) is 346 Å². The van der Waals surface area contributed by atoms with Gasteiger partial charge in [0.05, 0.1) is 39.1 Å². The number of nitrogens with zero attached hydrogens (tertiary/aromatic N) is 10. The number of hydrogen-bond acceptors (Lipinski definition) is 6. The molecule has 660 valence electrons. The third-order valence-corrected chi connectivity index (χ3v) is 28.8. The average molecular weight is 1810 g/mol. The van der Waals surface area contributed by atoms with Gasteiger partial charge in [0, 0.05) is 104 Å². The first-order chi connectivity index (χ1) is 70.4. The number of hydrogen-bond donors (Lipinski definition) is 0. The average Bonchev–Trinajstić information content (AvgIpc) is 1.55. The van der Waals surface area contributed by atoms with E-state index in [0.29, 0.717) is 11.9 Å². The Morgan fingerprint density at radius 3 is 0.718 bits per heavy atom. The van der Waals surface area contributed by atoms with E-state index >= 15 is 0 Å². The summed E-state index contributed by atoms with van der Waals surface area (Å²) in [5.74, 6) is 3.20. The van der Waals surface area contributed by atoms with Crippen molar-refractivity contribution in [2.45, 2.75) is 0 Å². The molecule has 0 saturated heterocycles. The lowest BCUT2D eigenvalue weighted by Crippen LogP contribution is -2.03. The van der Waals surface area contributed by atoms with Crippen LogP contribution in [0.2, 0.25) is 0 Å². The molecule has 0 amide bonds. The minimum Gasteiger partial charge on any atom is -0.301 e. The molecule has 10 nitrogen and oxygen atoms in total. The quantitative estimate of drug-likeness (QED) is 0.158. The second-order valence-corrected chi connectivity index (χ2v) is 36.8. The van der Waals surface area contributed by atoms with E-state index in [4.69, 9.17) is 15.0 Å². The molecule has 8 aromatic heterocycles. The lowest BCUT2D eigenvalue weighted by molar-refractivity contribution is 0.962. The highest BCUT2D eigenvalue weighted by Crippen LogP contribution is 2.56. The summed E-state index contributed by atoms with van der Waals surface area (Å²) in [6.07, 6.45) is 14.4. The van der Waals surface area contributed by atoms with E-state index in [1.165, 1.54) is 209 Å². The Morgan fingerprint density at radius 1 is 0.141 bits per heavy atom. The summed E-state index contributed by atoms with van der Waals surface area (Å²) in [6, 6.07) is 162. The van der Waals surface area contributed by atoms with E-state index in [9.17, 15) is 0 Å². The Bertz CT molecular complexity index is 9490. The van der Waals surface area contributed by atoms with Gasteiger partial charge in [0.25, 0.3) is 0 Å². The molecule has 0 fully saturated rings. The first-order valence-corrected chi connectivity index (χ1v) is 48.2. The van der Waals surface area contributed by atoms with Crippen LogP contribution in [0.15, 0.2) is 498 Å². The van der Waals surface area contributed by atoms with Gasteiger partial charge in [-0.15, -0.1) is 0 Å². The van der Waals surface area contributed by atoms with E-state index < -0.39 is 0 Å². The van der Waals surface area contributed by atoms with Gasteiger partial charge in [0.15, 0.2) is 0 Å². The monoisotopic (exact) mass is 1810 g/mol. The molecule has 0 N–H and O–H groups in total. The predicted molar refractivity (Wildman–Crippen MR) is 586 cm³/mol. The number of aromatic nitrogens is 10. The minimum absolute atomic E-state index is 0.657. The third kappa shape index (κ3) is 13.5. The van der Waals surface area contributed by atoms with Crippen LogP contribution in [0.3, 0.4) is 0 Å². The van der Waals surface area contributed by atoms with Crippen molar-refractivity contribution in [1.29, 1.82) is 0 Å². The Hall–Kier alpha value is -19.2. The molecule has 0 aliphatic heterocycles. The van der Waals surface area contributed by atoms with Crippen LogP contribution in [0.25, 0.3) is 278 Å². The molecular weight excluding hydrogens is 1730 g/mol. The molecular formula is C132H82N10. The molecule has 10 heteroatoms. The highest BCUT2D eigenvalue weighted by atomic mass is 15.2. The van der Waals surface area contributed by atoms with Crippen LogP contribution in [0.1, 0.15) is 0 Å². The highest BCUT2D eigenvalue weighted by Gasteiger charge is 2.32. The molecule has 142 heavy (non-hydrogen) atoms. The summed E-state index contributed by atoms with van der Waals surface area (Å²) in [7, 11) is 0. The van der Waals surface area contributed by atoms with Crippen LogP contribution in [0, 0.1) is 0 Å². The highest BCUT2D eigenvalue weighted by molar-refractivity contribution is 6.20. The Kier molecular flexibility index (Phi) is 19.1. The van der Waals surface area contributed by atoms with E-state index in [-0.39, 0.29) is 0 Å². The Balaban J connectivity index is 0.0000000933. The Morgan fingerprint density at radius 2 is 0.387 bits per heavy atom. The summed E-state index contributed by atoms with van der Waals surface area (Å²) in [6.45, 7) is 0. The zero-order valence-corrected chi connectivity index (χ0v) is 76.8. The van der Waals surface area contributed by atoms with Crippen molar-refractivity contribution in [3.8, 4) is 191 Å². The maximum Gasteiger partial charge on any atom is 0.235 e. The van der Waals surface area contributed by atoms with Crippen LogP contribution >= 0.6 is 0 Å². The molecule has 27 aromatic rings. The van der Waals surface area contributed by atoms with Gasteiger partial charge < -0.3 is 9.13 Å². The van der Waals surface area contributed by atoms with Crippen molar-refractivity contribution >= 4 is 86.7 Å². The number of fused-ring (bicyclic) bond motifs is 24. The van der Waals surface area contributed by atoms with E-state index in [0.717, 1.165) is 56.4 Å². The van der Waals surface area contributed by atoms with Crippen LogP contribution in [-0.4, -0.2) is 48.2 Å².